The van der Waals surface area contributed by atoms with E-state index in [0.717, 1.165) is 35.0 Å². The number of hydrogen-bond donors (Lipinski definition) is 0. The molecule has 4 aliphatic rings. The van der Waals surface area contributed by atoms with E-state index < -0.39 is 0 Å². The molecule has 20 heavy (non-hydrogen) atoms. The Bertz CT molecular complexity index is 320. The molecule has 6 atom stereocenters. The Morgan fingerprint density at radius 3 is 2.30 bits per heavy atom. The zero-order valence-corrected chi connectivity index (χ0v) is 14.2. The quantitative estimate of drug-likeness (QED) is 0.477. The van der Waals surface area contributed by atoms with E-state index >= 15 is 0 Å². The average molecular weight is 277 g/mol. The molecule has 4 saturated carbocycles. The van der Waals surface area contributed by atoms with Gasteiger partial charge < -0.3 is 0 Å². The lowest BCUT2D eigenvalue weighted by Gasteiger charge is -2.54. The molecule has 0 aromatic carbocycles. The third-order valence-corrected chi connectivity index (χ3v) is 7.66. The molecule has 4 rings (SSSR count). The fourth-order valence-electron chi connectivity index (χ4n) is 6.82. The third kappa shape index (κ3) is 2.35. The van der Waals surface area contributed by atoms with Gasteiger partial charge in [-0.05, 0) is 80.0 Å². The maximum atomic E-state index is 2.63. The molecule has 0 heterocycles. The van der Waals surface area contributed by atoms with Crippen LogP contribution in [0, 0.1) is 35.0 Å². The van der Waals surface area contributed by atoms with Crippen LogP contribution in [0.15, 0.2) is 0 Å². The third-order valence-electron chi connectivity index (χ3n) is 7.66. The molecule has 0 saturated heterocycles. The Hall–Kier alpha value is 0. The molecular weight excluding hydrogens is 240 g/mol. The van der Waals surface area contributed by atoms with Crippen molar-refractivity contribution in [2.24, 2.45) is 35.0 Å². The zero-order valence-electron chi connectivity index (χ0n) is 14.2. The summed E-state index contributed by atoms with van der Waals surface area (Å²) in [5.74, 6) is 5.72. The summed E-state index contributed by atoms with van der Waals surface area (Å²) >= 11 is 0. The summed E-state index contributed by atoms with van der Waals surface area (Å²) in [6.45, 7) is 6.63. The van der Waals surface area contributed by atoms with Gasteiger partial charge >= 0.3 is 0 Å². The maximum absolute atomic E-state index is 2.63. The topological polar surface area (TPSA) is 0 Å². The molecule has 0 bridgehead atoms. The van der Waals surface area contributed by atoms with Gasteiger partial charge in [-0.3, -0.25) is 0 Å². The largest absolute Gasteiger partial charge is 0.0683 e. The van der Waals surface area contributed by atoms with Gasteiger partial charge in [-0.15, -0.1) is 0 Å². The van der Waals surface area contributed by atoms with E-state index in [0.29, 0.717) is 0 Å². The van der Waals surface area contributed by atoms with Gasteiger partial charge in [-0.1, -0.05) is 46.5 Å². The summed E-state index contributed by atoms with van der Waals surface area (Å²) in [5.41, 5.74) is 0.767. The van der Waals surface area contributed by atoms with Crippen LogP contribution >= 0.6 is 0 Å². The molecule has 0 radical (unpaired) electrons. The average Bonchev–Trinajstić information content (AvgIpc) is 2.91. The maximum Gasteiger partial charge on any atom is -0.0295 e. The van der Waals surface area contributed by atoms with Crippen LogP contribution in [-0.4, -0.2) is 0 Å². The van der Waals surface area contributed by atoms with E-state index in [1.807, 2.05) is 13.8 Å². The van der Waals surface area contributed by atoms with Crippen LogP contribution in [0.1, 0.15) is 91.4 Å². The molecule has 0 heteroatoms. The zero-order chi connectivity index (χ0) is 14.2. The molecule has 0 aromatic heterocycles. The van der Waals surface area contributed by atoms with Crippen molar-refractivity contribution in [3.63, 3.8) is 0 Å². The van der Waals surface area contributed by atoms with Crippen molar-refractivity contribution in [2.45, 2.75) is 91.4 Å². The summed E-state index contributed by atoms with van der Waals surface area (Å²) in [4.78, 5) is 0. The highest BCUT2D eigenvalue weighted by atomic mass is 14.6. The molecule has 0 amide bonds. The van der Waals surface area contributed by atoms with Gasteiger partial charge in [0.15, 0.2) is 0 Å². The van der Waals surface area contributed by atoms with Crippen LogP contribution in [0.2, 0.25) is 0 Å². The molecule has 116 valence electrons. The second-order valence-electron chi connectivity index (χ2n) is 8.30. The van der Waals surface area contributed by atoms with E-state index in [-0.39, 0.29) is 0 Å². The van der Waals surface area contributed by atoms with Crippen molar-refractivity contribution >= 4 is 0 Å². The van der Waals surface area contributed by atoms with E-state index in [4.69, 9.17) is 0 Å². The minimum absolute atomic E-state index is 0.767. The van der Waals surface area contributed by atoms with Gasteiger partial charge in [0.1, 0.15) is 0 Å². The summed E-state index contributed by atoms with van der Waals surface area (Å²) in [6, 6.07) is 0. The summed E-state index contributed by atoms with van der Waals surface area (Å²) < 4.78 is 0. The highest BCUT2D eigenvalue weighted by Gasteiger charge is 2.52. The van der Waals surface area contributed by atoms with Gasteiger partial charge in [0.25, 0.3) is 0 Å². The van der Waals surface area contributed by atoms with Crippen molar-refractivity contribution in [2.75, 3.05) is 0 Å². The first-order chi connectivity index (χ1) is 9.78. The first kappa shape index (κ1) is 14.9. The van der Waals surface area contributed by atoms with E-state index in [1.54, 1.807) is 70.6 Å². The molecule has 0 N–H and O–H groups in total. The summed E-state index contributed by atoms with van der Waals surface area (Å²) in [7, 11) is 0. The smallest absolute Gasteiger partial charge is 0.0295 e. The van der Waals surface area contributed by atoms with Crippen LogP contribution in [0.3, 0.4) is 0 Å². The van der Waals surface area contributed by atoms with Gasteiger partial charge in [-0.25, -0.2) is 0 Å². The van der Waals surface area contributed by atoms with Crippen LogP contribution in [0.4, 0.5) is 0 Å². The standard InChI is InChI=1S/C18H30.C2H6/c1-18-11-4-7-17(18)16-9-8-13-5-2-3-6-14(13)15(16)10-12-18;1-2/h13-17H,2-12H2,1H3;1-2H3/t13?,14?,15-,16?,17?,18+;/m0./s1. The fourth-order valence-corrected chi connectivity index (χ4v) is 6.82. The van der Waals surface area contributed by atoms with E-state index in [1.165, 1.54) is 0 Å². The highest BCUT2D eigenvalue weighted by molar-refractivity contribution is 5.02. The van der Waals surface area contributed by atoms with Crippen molar-refractivity contribution in [1.29, 1.82) is 0 Å². The van der Waals surface area contributed by atoms with Crippen molar-refractivity contribution < 1.29 is 0 Å². The van der Waals surface area contributed by atoms with Crippen molar-refractivity contribution in [3.8, 4) is 0 Å². The molecule has 0 spiro atoms. The Morgan fingerprint density at radius 2 is 1.45 bits per heavy atom. The van der Waals surface area contributed by atoms with Gasteiger partial charge in [0.05, 0.1) is 0 Å². The normalized spacial score (nSPS) is 50.2. The fraction of sp³-hybridized carbons (Fsp3) is 1.00. The molecule has 0 aliphatic heterocycles. The lowest BCUT2D eigenvalue weighted by molar-refractivity contribution is -0.0492. The molecule has 0 aromatic rings. The number of hydrogen-bond acceptors (Lipinski definition) is 0. The molecule has 4 fully saturated rings. The summed E-state index contributed by atoms with van der Waals surface area (Å²) in [6.07, 6.45) is 17.3. The molecule has 0 nitrogen and oxygen atoms in total. The molecule has 4 unspecified atom stereocenters. The van der Waals surface area contributed by atoms with E-state index in [9.17, 15) is 0 Å². The highest BCUT2D eigenvalue weighted by Crippen LogP contribution is 2.62. The van der Waals surface area contributed by atoms with Crippen LogP contribution in [0.5, 0.6) is 0 Å². The minimum atomic E-state index is 0.767. The Kier molecular flexibility index (Phi) is 4.48. The van der Waals surface area contributed by atoms with Crippen molar-refractivity contribution in [1.82, 2.24) is 0 Å². The lowest BCUT2D eigenvalue weighted by Crippen LogP contribution is -2.46. The van der Waals surface area contributed by atoms with Crippen molar-refractivity contribution in [3.05, 3.63) is 0 Å². The first-order valence-corrected chi connectivity index (χ1v) is 9.78. The predicted molar refractivity (Wildman–Crippen MR) is 87.7 cm³/mol. The molecule has 4 aliphatic carbocycles. The SMILES string of the molecule is CC.C[C@]12CCCC1C1CCC3CCCCC3[C@@H]1CC2. The predicted octanol–water partition coefficient (Wildman–Crippen LogP) is 6.45. The number of fused-ring (bicyclic) bond motifs is 5. The minimum Gasteiger partial charge on any atom is -0.0683 e. The Balaban J connectivity index is 0.000000581. The van der Waals surface area contributed by atoms with Crippen LogP contribution in [0.25, 0.3) is 0 Å². The second kappa shape index (κ2) is 6.01. The Morgan fingerprint density at radius 1 is 0.650 bits per heavy atom. The van der Waals surface area contributed by atoms with Gasteiger partial charge in [-0.2, -0.15) is 0 Å². The summed E-state index contributed by atoms with van der Waals surface area (Å²) in [5, 5.41) is 0. The van der Waals surface area contributed by atoms with Crippen LogP contribution < -0.4 is 0 Å². The Labute approximate surface area is 127 Å². The monoisotopic (exact) mass is 276 g/mol. The lowest BCUT2D eigenvalue weighted by atomic mass is 9.51. The van der Waals surface area contributed by atoms with Gasteiger partial charge in [0, 0.05) is 0 Å². The van der Waals surface area contributed by atoms with E-state index in [2.05, 4.69) is 6.92 Å². The molecular formula is C20H36. The second-order valence-corrected chi connectivity index (χ2v) is 8.30. The van der Waals surface area contributed by atoms with Crippen LogP contribution in [-0.2, 0) is 0 Å². The number of rotatable bonds is 0. The van der Waals surface area contributed by atoms with Gasteiger partial charge in [0.2, 0.25) is 0 Å². The first-order valence-electron chi connectivity index (χ1n) is 9.78.